The zero-order valence-electron chi connectivity index (χ0n) is 23.4. The molecular formula is C25H39N7O7. The lowest BCUT2D eigenvalue weighted by Gasteiger charge is -2.26. The summed E-state index contributed by atoms with van der Waals surface area (Å²) in [5, 5.41) is 29.6. The number of aliphatic hydroxyl groups excluding tert-OH is 2. The van der Waals surface area contributed by atoms with Gasteiger partial charge in [-0.25, -0.2) is 24.5 Å². The molecule has 1 saturated carbocycles. The maximum atomic E-state index is 12.8. The molecule has 3 rings (SSSR count). The zero-order chi connectivity index (χ0) is 29.1. The van der Waals surface area contributed by atoms with Crippen molar-refractivity contribution >= 4 is 35.0 Å². The predicted octanol–water partition coefficient (Wildman–Crippen LogP) is 1.03. The number of carbonyl (C=O) groups is 3. The number of fused-ring (bicyclic) bond motifs is 1. The van der Waals surface area contributed by atoms with Gasteiger partial charge in [0, 0.05) is 13.5 Å². The summed E-state index contributed by atoms with van der Waals surface area (Å²) in [6.07, 6.45) is -0.374. The van der Waals surface area contributed by atoms with Gasteiger partial charge in [0.1, 0.15) is 41.3 Å². The average molecular weight is 550 g/mol. The van der Waals surface area contributed by atoms with E-state index in [1.807, 2.05) is 0 Å². The minimum Gasteiger partial charge on any atom is -0.458 e. The van der Waals surface area contributed by atoms with Crippen molar-refractivity contribution in [2.24, 2.45) is 0 Å². The van der Waals surface area contributed by atoms with E-state index in [4.69, 9.17) is 9.47 Å². The number of hydrogen-bond donors (Lipinski definition) is 5. The second kappa shape index (κ2) is 11.7. The number of aromatic nitrogens is 4. The van der Waals surface area contributed by atoms with Crippen LogP contribution in [0.2, 0.25) is 0 Å². The molecule has 5 N–H and O–H groups in total. The number of ether oxygens (including phenoxy) is 2. The Hall–Kier alpha value is -3.52. The first kappa shape index (κ1) is 30.0. The first-order valence-electron chi connectivity index (χ1n) is 12.8. The first-order valence-corrected chi connectivity index (χ1v) is 12.8. The van der Waals surface area contributed by atoms with Gasteiger partial charge in [0.25, 0.3) is 0 Å². The number of anilines is 1. The molecule has 0 unspecified atom stereocenters. The van der Waals surface area contributed by atoms with Gasteiger partial charge < -0.3 is 40.2 Å². The molecule has 14 nitrogen and oxygen atoms in total. The molecule has 0 bridgehead atoms. The van der Waals surface area contributed by atoms with Gasteiger partial charge in [-0.1, -0.05) is 0 Å². The van der Waals surface area contributed by atoms with Crippen LogP contribution in [0.1, 0.15) is 66.8 Å². The molecule has 2 aromatic rings. The highest BCUT2D eigenvalue weighted by Gasteiger charge is 2.44. The van der Waals surface area contributed by atoms with Crippen LogP contribution in [0.5, 0.6) is 0 Å². The third-order valence-corrected chi connectivity index (χ3v) is 5.99. The molecule has 0 aromatic carbocycles. The number of esters is 1. The highest BCUT2D eigenvalue weighted by atomic mass is 16.6. The summed E-state index contributed by atoms with van der Waals surface area (Å²) in [5.74, 6) is -0.648. The molecule has 5 atom stereocenters. The minimum atomic E-state index is -1.25. The van der Waals surface area contributed by atoms with E-state index >= 15 is 0 Å². The summed E-state index contributed by atoms with van der Waals surface area (Å²) in [6.45, 7) is 10.2. The van der Waals surface area contributed by atoms with E-state index in [1.165, 1.54) is 12.7 Å². The number of amides is 2. The largest absolute Gasteiger partial charge is 0.458 e. The number of hydrogen-bond acceptors (Lipinski definition) is 11. The monoisotopic (exact) mass is 549 g/mol. The van der Waals surface area contributed by atoms with Gasteiger partial charge >= 0.3 is 12.1 Å². The number of nitrogens with one attached hydrogen (secondary N) is 3. The van der Waals surface area contributed by atoms with Crippen LogP contribution < -0.4 is 16.0 Å². The average Bonchev–Trinajstić information content (AvgIpc) is 3.35. The van der Waals surface area contributed by atoms with Gasteiger partial charge in [-0.15, -0.1) is 0 Å². The van der Waals surface area contributed by atoms with E-state index in [0.29, 0.717) is 17.0 Å². The van der Waals surface area contributed by atoms with Crippen LogP contribution in [0.3, 0.4) is 0 Å². The lowest BCUT2D eigenvalue weighted by atomic mass is 10.1. The molecule has 0 radical (unpaired) electrons. The van der Waals surface area contributed by atoms with Crippen LogP contribution in [0.15, 0.2) is 12.7 Å². The molecule has 1 aliphatic rings. The van der Waals surface area contributed by atoms with E-state index in [-0.39, 0.29) is 19.3 Å². The molecule has 39 heavy (non-hydrogen) atoms. The van der Waals surface area contributed by atoms with Crippen molar-refractivity contribution in [1.29, 1.82) is 0 Å². The molecule has 216 valence electrons. The molecule has 1 aliphatic carbocycles. The fourth-order valence-corrected chi connectivity index (χ4v) is 4.33. The Labute approximate surface area is 226 Å². The Balaban J connectivity index is 1.65. The maximum absolute atomic E-state index is 12.8. The third kappa shape index (κ3) is 7.76. The minimum absolute atomic E-state index is 0.0648. The smallest absolute Gasteiger partial charge is 0.408 e. The van der Waals surface area contributed by atoms with Crippen LogP contribution in [0.4, 0.5) is 10.6 Å². The van der Waals surface area contributed by atoms with Crippen molar-refractivity contribution in [2.45, 2.75) is 102 Å². The van der Waals surface area contributed by atoms with Crippen molar-refractivity contribution in [2.75, 3.05) is 12.4 Å². The van der Waals surface area contributed by atoms with Crippen LogP contribution >= 0.6 is 0 Å². The Bertz CT molecular complexity index is 1190. The van der Waals surface area contributed by atoms with Crippen LogP contribution in [-0.2, 0) is 19.1 Å². The van der Waals surface area contributed by atoms with Crippen molar-refractivity contribution in [3.63, 3.8) is 0 Å². The Kier molecular flexibility index (Phi) is 9.01. The van der Waals surface area contributed by atoms with Gasteiger partial charge in [-0.05, 0) is 54.4 Å². The standard InChI is InChI=1S/C25H39N7O7/c1-24(2,3)38-22(36)13(31-23(37)39-25(4,5)6)8-9-16(33)30-14-10-15(19(35)18(14)34)32-12-29-17-20(26-7)27-11-28-21(17)32/h11-15,18-19,34-35H,8-10H2,1-7H3,(H,30,33)(H,31,37)(H,26,27,28)/t13-,14+,15-,18+,19-/m1/s1. The lowest BCUT2D eigenvalue weighted by molar-refractivity contribution is -0.157. The normalized spacial score (nSPS) is 22.3. The van der Waals surface area contributed by atoms with E-state index in [1.54, 1.807) is 53.2 Å². The first-order chi connectivity index (χ1) is 18.1. The molecule has 2 heterocycles. The SMILES string of the molecule is CNc1ncnc2c1ncn2[C@@H]1C[C@H](NC(=O)CC[C@@H](NC(=O)OC(C)(C)C)C(=O)OC(C)(C)C)[C@H](O)[C@@H]1O. The summed E-state index contributed by atoms with van der Waals surface area (Å²) in [5.41, 5.74) is -0.592. The predicted molar refractivity (Wildman–Crippen MR) is 141 cm³/mol. The molecular weight excluding hydrogens is 510 g/mol. The van der Waals surface area contributed by atoms with Crippen LogP contribution in [0.25, 0.3) is 11.2 Å². The number of rotatable bonds is 8. The molecule has 14 heteroatoms. The molecule has 0 spiro atoms. The highest BCUT2D eigenvalue weighted by Crippen LogP contribution is 2.33. The number of nitrogens with zero attached hydrogens (tertiary/aromatic N) is 4. The second-order valence-corrected chi connectivity index (χ2v) is 11.5. The Morgan fingerprint density at radius 1 is 1.05 bits per heavy atom. The van der Waals surface area contributed by atoms with Crippen molar-refractivity contribution in [1.82, 2.24) is 30.2 Å². The highest BCUT2D eigenvalue weighted by molar-refractivity contribution is 5.84. The van der Waals surface area contributed by atoms with Gasteiger partial charge in [-0.3, -0.25) is 4.79 Å². The zero-order valence-corrected chi connectivity index (χ0v) is 23.4. The lowest BCUT2D eigenvalue weighted by Crippen LogP contribution is -2.47. The van der Waals surface area contributed by atoms with Crippen molar-refractivity contribution in [3.8, 4) is 0 Å². The number of aliphatic hydroxyl groups is 2. The molecule has 0 aliphatic heterocycles. The molecule has 1 fully saturated rings. The van der Waals surface area contributed by atoms with E-state index < -0.39 is 59.5 Å². The Morgan fingerprint density at radius 3 is 2.33 bits per heavy atom. The molecule has 2 aromatic heterocycles. The quantitative estimate of drug-likeness (QED) is 0.296. The fourth-order valence-electron chi connectivity index (χ4n) is 4.33. The summed E-state index contributed by atoms with van der Waals surface area (Å²) in [7, 11) is 1.71. The topological polar surface area (TPSA) is 190 Å². The van der Waals surface area contributed by atoms with Crippen LogP contribution in [-0.4, -0.2) is 90.2 Å². The van der Waals surface area contributed by atoms with E-state index in [0.717, 1.165) is 0 Å². The van der Waals surface area contributed by atoms with Gasteiger partial charge in [-0.2, -0.15) is 0 Å². The van der Waals surface area contributed by atoms with Gasteiger partial charge in [0.05, 0.1) is 18.4 Å². The maximum Gasteiger partial charge on any atom is 0.408 e. The van der Waals surface area contributed by atoms with Crippen molar-refractivity contribution < 1.29 is 34.1 Å². The summed E-state index contributed by atoms with van der Waals surface area (Å²) >= 11 is 0. The van der Waals surface area contributed by atoms with Gasteiger partial charge in [0.15, 0.2) is 11.5 Å². The second-order valence-electron chi connectivity index (χ2n) is 11.5. The Morgan fingerprint density at radius 2 is 1.72 bits per heavy atom. The van der Waals surface area contributed by atoms with E-state index in [2.05, 4.69) is 30.9 Å². The molecule has 2 amide bonds. The summed E-state index contributed by atoms with van der Waals surface area (Å²) in [4.78, 5) is 50.5. The number of carbonyl (C=O) groups excluding carboxylic acids is 3. The van der Waals surface area contributed by atoms with Crippen molar-refractivity contribution in [3.05, 3.63) is 12.7 Å². The number of alkyl carbamates (subject to hydrolysis) is 1. The van der Waals surface area contributed by atoms with Gasteiger partial charge in [0.2, 0.25) is 5.91 Å². The fraction of sp³-hybridized carbons (Fsp3) is 0.680. The summed E-state index contributed by atoms with van der Waals surface area (Å²) < 4.78 is 12.3. The van der Waals surface area contributed by atoms with Crippen LogP contribution in [0, 0.1) is 0 Å². The summed E-state index contributed by atoms with van der Waals surface area (Å²) in [6, 6.07) is -2.49. The van der Waals surface area contributed by atoms with E-state index in [9.17, 15) is 24.6 Å². The molecule has 0 saturated heterocycles. The third-order valence-electron chi connectivity index (χ3n) is 5.99. The number of imidazole rings is 1.